The van der Waals surface area contributed by atoms with Crippen molar-refractivity contribution in [1.82, 2.24) is 10.6 Å². The van der Waals surface area contributed by atoms with E-state index in [4.69, 9.17) is 5.73 Å². The maximum atomic E-state index is 11.8. The van der Waals surface area contributed by atoms with Gasteiger partial charge in [-0.05, 0) is 23.5 Å². The van der Waals surface area contributed by atoms with Gasteiger partial charge in [0.2, 0.25) is 0 Å². The Bertz CT molecular complexity index is 441. The van der Waals surface area contributed by atoms with Gasteiger partial charge >= 0.3 is 6.03 Å². The first-order chi connectivity index (χ1) is 10.3. The molecule has 0 aliphatic heterocycles. The molecule has 1 aromatic rings. The summed E-state index contributed by atoms with van der Waals surface area (Å²) in [6.07, 6.45) is 7.86. The van der Waals surface area contributed by atoms with Gasteiger partial charge in [-0.1, -0.05) is 56.4 Å². The summed E-state index contributed by atoms with van der Waals surface area (Å²) in [5.74, 6) is 0.806. The molecule has 1 aromatic carbocycles. The molecular weight excluding hydrogens is 262 g/mol. The molecule has 0 heterocycles. The van der Waals surface area contributed by atoms with Crippen LogP contribution in [0.15, 0.2) is 24.3 Å². The largest absolute Gasteiger partial charge is 0.338 e. The molecule has 0 unspecified atom stereocenters. The van der Waals surface area contributed by atoms with Crippen LogP contribution in [0.1, 0.15) is 49.7 Å². The zero-order chi connectivity index (χ0) is 14.9. The van der Waals surface area contributed by atoms with Crippen LogP contribution in [0.3, 0.4) is 0 Å². The molecule has 1 aliphatic carbocycles. The molecule has 0 radical (unpaired) electrons. The topological polar surface area (TPSA) is 67.1 Å². The summed E-state index contributed by atoms with van der Waals surface area (Å²) in [4.78, 5) is 11.8. The maximum Gasteiger partial charge on any atom is 0.315 e. The lowest BCUT2D eigenvalue weighted by Gasteiger charge is -2.21. The van der Waals surface area contributed by atoms with Gasteiger partial charge in [-0.2, -0.15) is 0 Å². The van der Waals surface area contributed by atoms with Crippen LogP contribution in [-0.2, 0) is 13.1 Å². The molecule has 0 saturated heterocycles. The quantitative estimate of drug-likeness (QED) is 0.754. The number of rotatable bonds is 6. The molecule has 21 heavy (non-hydrogen) atoms. The number of hydrogen-bond donors (Lipinski definition) is 3. The zero-order valence-electron chi connectivity index (χ0n) is 12.7. The molecule has 4 nitrogen and oxygen atoms in total. The Balaban J connectivity index is 1.62. The normalized spacial score (nSPS) is 15.7. The van der Waals surface area contributed by atoms with E-state index in [9.17, 15) is 4.79 Å². The Morgan fingerprint density at radius 3 is 2.67 bits per heavy atom. The molecule has 4 heteroatoms. The minimum atomic E-state index is -0.0797. The van der Waals surface area contributed by atoms with Gasteiger partial charge in [-0.15, -0.1) is 0 Å². The van der Waals surface area contributed by atoms with Crippen LogP contribution in [0.4, 0.5) is 4.79 Å². The van der Waals surface area contributed by atoms with Crippen molar-refractivity contribution in [3.05, 3.63) is 35.4 Å². The third-order valence-electron chi connectivity index (χ3n) is 4.24. The number of amides is 2. The Morgan fingerprint density at radius 2 is 1.90 bits per heavy atom. The lowest BCUT2D eigenvalue weighted by Crippen LogP contribution is -2.36. The Hall–Kier alpha value is -1.55. The molecule has 0 aromatic heterocycles. The second-order valence-electron chi connectivity index (χ2n) is 5.93. The summed E-state index contributed by atoms with van der Waals surface area (Å²) in [6, 6.07) is 7.92. The highest BCUT2D eigenvalue weighted by Gasteiger charge is 2.13. The van der Waals surface area contributed by atoms with Gasteiger partial charge in [0.05, 0.1) is 0 Å². The van der Waals surface area contributed by atoms with E-state index in [0.717, 1.165) is 30.0 Å². The predicted octanol–water partition coefficient (Wildman–Crippen LogP) is 2.91. The Labute approximate surface area is 127 Å². The molecular formula is C17H27N3O. The smallest absolute Gasteiger partial charge is 0.315 e. The Kier molecular flexibility index (Phi) is 6.54. The van der Waals surface area contributed by atoms with Crippen molar-refractivity contribution in [2.45, 2.75) is 51.6 Å². The average molecular weight is 289 g/mol. The second-order valence-corrected chi connectivity index (χ2v) is 5.93. The third kappa shape index (κ3) is 5.76. The van der Waals surface area contributed by atoms with Crippen molar-refractivity contribution in [3.63, 3.8) is 0 Å². The molecule has 116 valence electrons. The van der Waals surface area contributed by atoms with Crippen molar-refractivity contribution in [2.24, 2.45) is 11.7 Å². The third-order valence-corrected chi connectivity index (χ3v) is 4.24. The number of hydrogen-bond acceptors (Lipinski definition) is 2. The van der Waals surface area contributed by atoms with Crippen molar-refractivity contribution < 1.29 is 4.79 Å². The first-order valence-corrected chi connectivity index (χ1v) is 8.07. The molecule has 1 aliphatic rings. The fourth-order valence-corrected chi connectivity index (χ4v) is 2.98. The van der Waals surface area contributed by atoms with Crippen molar-refractivity contribution in [1.29, 1.82) is 0 Å². The van der Waals surface area contributed by atoms with Crippen LogP contribution < -0.4 is 16.4 Å². The van der Waals surface area contributed by atoms with E-state index in [2.05, 4.69) is 10.6 Å². The van der Waals surface area contributed by atoms with Crippen LogP contribution in [0.2, 0.25) is 0 Å². The van der Waals surface area contributed by atoms with Gasteiger partial charge in [0, 0.05) is 19.6 Å². The summed E-state index contributed by atoms with van der Waals surface area (Å²) in [5, 5.41) is 5.85. The summed E-state index contributed by atoms with van der Waals surface area (Å²) < 4.78 is 0. The number of nitrogens with one attached hydrogen (secondary N) is 2. The first-order valence-electron chi connectivity index (χ1n) is 8.07. The fourth-order valence-electron chi connectivity index (χ4n) is 2.98. The summed E-state index contributed by atoms with van der Waals surface area (Å²) in [6.45, 7) is 1.85. The molecule has 4 N–H and O–H groups in total. The van der Waals surface area contributed by atoms with Crippen LogP contribution in [0.5, 0.6) is 0 Å². The van der Waals surface area contributed by atoms with E-state index in [1.165, 1.54) is 32.1 Å². The number of urea groups is 1. The minimum absolute atomic E-state index is 0.0797. The number of carbonyl (C=O) groups is 1. The number of carbonyl (C=O) groups excluding carboxylic acids is 1. The predicted molar refractivity (Wildman–Crippen MR) is 85.8 cm³/mol. The number of benzene rings is 1. The van der Waals surface area contributed by atoms with E-state index in [1.807, 2.05) is 24.3 Å². The molecule has 2 amide bonds. The zero-order valence-corrected chi connectivity index (χ0v) is 12.7. The summed E-state index contributed by atoms with van der Waals surface area (Å²) in [5.41, 5.74) is 7.79. The highest BCUT2D eigenvalue weighted by molar-refractivity contribution is 5.73. The fraction of sp³-hybridized carbons (Fsp3) is 0.588. The van der Waals surface area contributed by atoms with E-state index >= 15 is 0 Å². The van der Waals surface area contributed by atoms with Gasteiger partial charge in [-0.25, -0.2) is 4.79 Å². The van der Waals surface area contributed by atoms with Crippen LogP contribution in [-0.4, -0.2) is 12.6 Å². The lowest BCUT2D eigenvalue weighted by atomic mass is 9.87. The highest BCUT2D eigenvalue weighted by Crippen LogP contribution is 2.25. The van der Waals surface area contributed by atoms with Gasteiger partial charge in [0.25, 0.3) is 0 Å². The van der Waals surface area contributed by atoms with Crippen molar-refractivity contribution >= 4 is 6.03 Å². The molecule has 0 bridgehead atoms. The second kappa shape index (κ2) is 8.67. The molecule has 0 atom stereocenters. The molecule has 1 saturated carbocycles. The highest BCUT2D eigenvalue weighted by atomic mass is 16.2. The minimum Gasteiger partial charge on any atom is -0.338 e. The van der Waals surface area contributed by atoms with Crippen LogP contribution in [0, 0.1) is 5.92 Å². The SMILES string of the molecule is NCc1cccc(CNC(=O)NCCC2CCCCC2)c1. The summed E-state index contributed by atoms with van der Waals surface area (Å²) in [7, 11) is 0. The standard InChI is InChI=1S/C17H27N3O/c18-12-15-7-4-8-16(11-15)13-20-17(21)19-10-9-14-5-2-1-3-6-14/h4,7-8,11,14H,1-3,5-6,9-10,12-13,18H2,(H2,19,20,21). The van der Waals surface area contributed by atoms with Crippen molar-refractivity contribution in [3.8, 4) is 0 Å². The number of nitrogens with two attached hydrogens (primary N) is 1. The van der Waals surface area contributed by atoms with Gasteiger partial charge in [0.1, 0.15) is 0 Å². The van der Waals surface area contributed by atoms with Gasteiger partial charge in [0.15, 0.2) is 0 Å². The molecule has 2 rings (SSSR count). The molecule has 1 fully saturated rings. The summed E-state index contributed by atoms with van der Waals surface area (Å²) >= 11 is 0. The van der Waals surface area contributed by atoms with Gasteiger partial charge in [-0.3, -0.25) is 0 Å². The monoisotopic (exact) mass is 289 g/mol. The van der Waals surface area contributed by atoms with Crippen molar-refractivity contribution in [2.75, 3.05) is 6.54 Å². The lowest BCUT2D eigenvalue weighted by molar-refractivity contribution is 0.238. The van der Waals surface area contributed by atoms with E-state index in [1.54, 1.807) is 0 Å². The average Bonchev–Trinajstić information content (AvgIpc) is 2.54. The van der Waals surface area contributed by atoms with Crippen LogP contribution >= 0.6 is 0 Å². The van der Waals surface area contributed by atoms with Gasteiger partial charge < -0.3 is 16.4 Å². The maximum absolute atomic E-state index is 11.8. The van der Waals surface area contributed by atoms with E-state index in [0.29, 0.717) is 13.1 Å². The Morgan fingerprint density at radius 1 is 1.14 bits per heavy atom. The first kappa shape index (κ1) is 15.8. The van der Waals surface area contributed by atoms with E-state index < -0.39 is 0 Å². The van der Waals surface area contributed by atoms with Crippen LogP contribution in [0.25, 0.3) is 0 Å². The molecule has 0 spiro atoms. The van der Waals surface area contributed by atoms with E-state index in [-0.39, 0.29) is 6.03 Å².